The predicted molar refractivity (Wildman–Crippen MR) is 140 cm³/mol. The lowest BCUT2D eigenvalue weighted by Gasteiger charge is -2.28. The normalized spacial score (nSPS) is 18.3. The molecule has 2 aromatic heterocycles. The molecule has 2 atom stereocenters. The Morgan fingerprint density at radius 3 is 2.61 bits per heavy atom. The van der Waals surface area contributed by atoms with E-state index < -0.39 is 0 Å². The molecule has 174 valence electrons. The van der Waals surface area contributed by atoms with E-state index in [9.17, 15) is 0 Å². The molecule has 0 spiro atoms. The van der Waals surface area contributed by atoms with E-state index in [1.807, 2.05) is 30.5 Å². The smallest absolute Gasteiger partial charge is 0.170 e. The lowest BCUT2D eigenvalue weighted by molar-refractivity contribution is 0.292. The summed E-state index contributed by atoms with van der Waals surface area (Å²) in [6.45, 7) is 8.33. The molecule has 3 heterocycles. The van der Waals surface area contributed by atoms with E-state index in [0.29, 0.717) is 0 Å². The molecule has 1 fully saturated rings. The Balaban J connectivity index is 1.80. The van der Waals surface area contributed by atoms with Crippen LogP contribution in [0.1, 0.15) is 46.7 Å². The highest BCUT2D eigenvalue weighted by molar-refractivity contribution is 7.80. The maximum Gasteiger partial charge on any atom is 0.170 e. The van der Waals surface area contributed by atoms with Crippen molar-refractivity contribution in [2.24, 2.45) is 0 Å². The Morgan fingerprint density at radius 2 is 1.91 bits per heavy atom. The molecular weight excluding hydrogens is 450 g/mol. The molecule has 0 aliphatic carbocycles. The van der Waals surface area contributed by atoms with Crippen LogP contribution in [0.25, 0.3) is 5.69 Å². The number of aromatic nitrogens is 2. The van der Waals surface area contributed by atoms with E-state index in [0.717, 1.165) is 46.6 Å². The van der Waals surface area contributed by atoms with Gasteiger partial charge in [0.05, 0.1) is 17.8 Å². The van der Waals surface area contributed by atoms with E-state index in [1.54, 1.807) is 0 Å². The van der Waals surface area contributed by atoms with Crippen LogP contribution in [-0.4, -0.2) is 51.6 Å². The van der Waals surface area contributed by atoms with Gasteiger partial charge >= 0.3 is 0 Å². The van der Waals surface area contributed by atoms with Crippen molar-refractivity contribution >= 4 is 28.9 Å². The van der Waals surface area contributed by atoms with Crippen molar-refractivity contribution in [3.05, 3.63) is 81.9 Å². The van der Waals surface area contributed by atoms with Gasteiger partial charge in [0.1, 0.15) is 0 Å². The topological polar surface area (TPSA) is 36.3 Å². The zero-order chi connectivity index (χ0) is 23.7. The van der Waals surface area contributed by atoms with Crippen LogP contribution < -0.4 is 5.32 Å². The second-order valence-electron chi connectivity index (χ2n) is 9.02. The molecule has 3 aromatic rings. The lowest BCUT2D eigenvalue weighted by atomic mass is 9.96. The zero-order valence-electron chi connectivity index (χ0n) is 20.0. The molecule has 0 radical (unpaired) electrons. The average Bonchev–Trinajstić information content (AvgIpc) is 3.26. The molecule has 0 saturated carbocycles. The van der Waals surface area contributed by atoms with E-state index in [1.165, 1.54) is 17.0 Å². The minimum Gasteiger partial charge on any atom is -0.352 e. The second kappa shape index (κ2) is 9.84. The minimum absolute atomic E-state index is 0.00698. The summed E-state index contributed by atoms with van der Waals surface area (Å²) in [4.78, 5) is 9.23. The van der Waals surface area contributed by atoms with Crippen LogP contribution in [0.3, 0.4) is 0 Å². The van der Waals surface area contributed by atoms with Crippen LogP contribution in [0.2, 0.25) is 5.02 Å². The van der Waals surface area contributed by atoms with Crippen LogP contribution in [0, 0.1) is 20.8 Å². The number of nitrogens with zero attached hydrogens (tertiary/aromatic N) is 4. The number of pyridine rings is 1. The van der Waals surface area contributed by atoms with Crippen LogP contribution in [0.5, 0.6) is 0 Å². The standard InChI is InChI=1S/C26H32ClN5S/c1-17-16-20(19(3)32(17)23-12-8-10-21(27)18(23)2)25-24(22-11-6-7-13-28-22)29-26(33)31(25)15-9-14-30(4)5/h6-8,10-13,16,24-25H,9,14-15H2,1-5H3,(H,29,33). The van der Waals surface area contributed by atoms with Crippen LogP contribution in [-0.2, 0) is 0 Å². The van der Waals surface area contributed by atoms with Gasteiger partial charge in [0.25, 0.3) is 0 Å². The number of benzene rings is 1. The summed E-state index contributed by atoms with van der Waals surface area (Å²) in [5.41, 5.74) is 6.84. The van der Waals surface area contributed by atoms with E-state index in [2.05, 4.69) is 77.7 Å². The molecular formula is C26H32ClN5S. The van der Waals surface area contributed by atoms with Crippen LogP contribution >= 0.6 is 23.8 Å². The molecule has 5 nitrogen and oxygen atoms in total. The van der Waals surface area contributed by atoms with Gasteiger partial charge in [0.15, 0.2) is 5.11 Å². The average molecular weight is 482 g/mol. The monoisotopic (exact) mass is 481 g/mol. The summed E-state index contributed by atoms with van der Waals surface area (Å²) in [6.07, 6.45) is 2.89. The van der Waals surface area contributed by atoms with Crippen LogP contribution in [0.4, 0.5) is 0 Å². The van der Waals surface area contributed by atoms with Crippen molar-refractivity contribution in [3.63, 3.8) is 0 Å². The Labute approximate surface area is 207 Å². The number of hydrogen-bond donors (Lipinski definition) is 1. The summed E-state index contributed by atoms with van der Waals surface area (Å²) in [7, 11) is 4.21. The van der Waals surface area contributed by atoms with Gasteiger partial charge < -0.3 is 19.7 Å². The Bertz CT molecular complexity index is 1140. The van der Waals surface area contributed by atoms with Crippen molar-refractivity contribution in [2.45, 2.75) is 39.3 Å². The Hall–Kier alpha value is -2.41. The summed E-state index contributed by atoms with van der Waals surface area (Å²) in [5, 5.41) is 5.14. The fourth-order valence-corrected chi connectivity index (χ4v) is 5.34. The molecule has 1 aliphatic heterocycles. The number of halogens is 1. The first-order chi connectivity index (χ1) is 15.8. The van der Waals surface area contributed by atoms with Crippen molar-refractivity contribution < 1.29 is 0 Å². The second-order valence-corrected chi connectivity index (χ2v) is 9.82. The van der Waals surface area contributed by atoms with Gasteiger partial charge in [0.2, 0.25) is 0 Å². The molecule has 7 heteroatoms. The van der Waals surface area contributed by atoms with Gasteiger partial charge in [-0.2, -0.15) is 0 Å². The highest BCUT2D eigenvalue weighted by Crippen LogP contribution is 2.41. The molecule has 4 rings (SSSR count). The number of aryl methyl sites for hydroxylation is 1. The Morgan fingerprint density at radius 1 is 1.12 bits per heavy atom. The van der Waals surface area contributed by atoms with Gasteiger partial charge in [-0.25, -0.2) is 0 Å². The molecule has 0 bridgehead atoms. The number of thiocarbonyl (C=S) groups is 1. The van der Waals surface area contributed by atoms with Crippen LogP contribution in [0.15, 0.2) is 48.7 Å². The maximum absolute atomic E-state index is 6.47. The summed E-state index contributed by atoms with van der Waals surface area (Å²) >= 11 is 12.3. The van der Waals surface area contributed by atoms with Crippen molar-refractivity contribution in [2.75, 3.05) is 27.2 Å². The summed E-state index contributed by atoms with van der Waals surface area (Å²) < 4.78 is 2.31. The largest absolute Gasteiger partial charge is 0.352 e. The van der Waals surface area contributed by atoms with Crippen molar-refractivity contribution in [1.29, 1.82) is 0 Å². The third-order valence-corrected chi connectivity index (χ3v) is 7.23. The first-order valence-corrected chi connectivity index (χ1v) is 12.2. The number of nitrogens with one attached hydrogen (secondary N) is 1. The number of rotatable bonds is 7. The van der Waals surface area contributed by atoms with E-state index in [4.69, 9.17) is 23.8 Å². The van der Waals surface area contributed by atoms with Crippen molar-refractivity contribution in [3.8, 4) is 5.69 Å². The van der Waals surface area contributed by atoms with E-state index in [-0.39, 0.29) is 12.1 Å². The fourth-order valence-electron chi connectivity index (χ4n) is 4.84. The third-order valence-electron chi connectivity index (χ3n) is 6.47. The summed E-state index contributed by atoms with van der Waals surface area (Å²) in [5.74, 6) is 0. The molecule has 1 saturated heterocycles. The van der Waals surface area contributed by atoms with Gasteiger partial charge in [-0.05, 0) is 102 Å². The predicted octanol–water partition coefficient (Wildman–Crippen LogP) is 5.38. The van der Waals surface area contributed by atoms with Gasteiger partial charge in [-0.15, -0.1) is 0 Å². The van der Waals surface area contributed by atoms with Gasteiger partial charge in [0, 0.05) is 34.8 Å². The first-order valence-electron chi connectivity index (χ1n) is 11.4. The molecule has 1 N–H and O–H groups in total. The molecule has 33 heavy (non-hydrogen) atoms. The third kappa shape index (κ3) is 4.65. The highest BCUT2D eigenvalue weighted by atomic mass is 35.5. The molecule has 2 unspecified atom stereocenters. The minimum atomic E-state index is -0.00698. The lowest BCUT2D eigenvalue weighted by Crippen LogP contribution is -2.32. The fraction of sp³-hybridized carbons (Fsp3) is 0.385. The number of hydrogen-bond acceptors (Lipinski definition) is 3. The quantitative estimate of drug-likeness (QED) is 0.459. The zero-order valence-corrected chi connectivity index (χ0v) is 21.5. The summed E-state index contributed by atoms with van der Waals surface area (Å²) in [6, 6.07) is 14.5. The molecule has 1 aliphatic rings. The SMILES string of the molecule is Cc1c(Cl)cccc1-n1c(C)cc(C2C(c3ccccn3)NC(=S)N2CCCN(C)C)c1C. The first kappa shape index (κ1) is 23.7. The van der Waals surface area contributed by atoms with Crippen molar-refractivity contribution in [1.82, 2.24) is 24.7 Å². The highest BCUT2D eigenvalue weighted by Gasteiger charge is 2.41. The van der Waals surface area contributed by atoms with Gasteiger partial charge in [-0.3, -0.25) is 4.98 Å². The molecule has 0 amide bonds. The Kier molecular flexibility index (Phi) is 7.07. The van der Waals surface area contributed by atoms with Gasteiger partial charge in [-0.1, -0.05) is 23.7 Å². The molecule has 1 aromatic carbocycles. The maximum atomic E-state index is 6.47. The van der Waals surface area contributed by atoms with E-state index >= 15 is 0 Å².